The second-order valence-corrected chi connectivity index (χ2v) is 11.6. The van der Waals surface area contributed by atoms with Gasteiger partial charge in [-0.3, -0.25) is 0 Å². The molecular formula is C35H35F5OS. The Morgan fingerprint density at radius 3 is 1.76 bits per heavy atom. The molecule has 42 heavy (non-hydrogen) atoms. The van der Waals surface area contributed by atoms with E-state index in [9.17, 15) is 22.0 Å². The van der Waals surface area contributed by atoms with E-state index in [0.717, 1.165) is 42.4 Å². The maximum atomic E-state index is 14.9. The lowest BCUT2D eigenvalue weighted by molar-refractivity contribution is 0.321. The summed E-state index contributed by atoms with van der Waals surface area (Å²) in [6, 6.07) is 15.9. The van der Waals surface area contributed by atoms with Crippen LogP contribution < -0.4 is 4.74 Å². The van der Waals surface area contributed by atoms with Crippen LogP contribution in [0.15, 0.2) is 65.6 Å². The molecule has 0 aromatic heterocycles. The molecule has 7 heteroatoms. The van der Waals surface area contributed by atoms with Gasteiger partial charge in [0.2, 0.25) is 0 Å². The van der Waals surface area contributed by atoms with Crippen molar-refractivity contribution in [1.29, 1.82) is 0 Å². The van der Waals surface area contributed by atoms with E-state index >= 15 is 0 Å². The van der Waals surface area contributed by atoms with E-state index in [2.05, 4.69) is 0 Å². The van der Waals surface area contributed by atoms with Crippen molar-refractivity contribution in [3.05, 3.63) is 118 Å². The van der Waals surface area contributed by atoms with Gasteiger partial charge in [-0.05, 0) is 122 Å². The molecule has 0 N–H and O–H groups in total. The van der Waals surface area contributed by atoms with Crippen LogP contribution >= 0.6 is 11.8 Å². The number of hydrogen-bond acceptors (Lipinski definition) is 2. The number of halogens is 5. The van der Waals surface area contributed by atoms with Crippen molar-refractivity contribution in [2.24, 2.45) is 0 Å². The summed E-state index contributed by atoms with van der Waals surface area (Å²) in [7, 11) is 0. The highest BCUT2D eigenvalue weighted by Gasteiger charge is 2.17. The number of rotatable bonds is 13. The highest BCUT2D eigenvalue weighted by atomic mass is 32.2. The van der Waals surface area contributed by atoms with Gasteiger partial charge in [0, 0.05) is 16.0 Å². The van der Waals surface area contributed by atoms with Gasteiger partial charge in [0.25, 0.3) is 0 Å². The van der Waals surface area contributed by atoms with E-state index < -0.39 is 23.3 Å². The second-order valence-electron chi connectivity index (χ2n) is 10.3. The van der Waals surface area contributed by atoms with E-state index in [1.807, 2.05) is 45.0 Å². The number of aryl methyl sites for hydroxylation is 3. The fourth-order valence-corrected chi connectivity index (χ4v) is 5.77. The van der Waals surface area contributed by atoms with Crippen LogP contribution in [0.4, 0.5) is 22.0 Å². The topological polar surface area (TPSA) is 9.23 Å². The Balaban J connectivity index is 1.34. The molecule has 0 fully saturated rings. The fraction of sp³-hybridized carbons (Fsp3) is 0.314. The minimum absolute atomic E-state index is 0.149. The SMILES string of the molecule is CCOc1cc(C)c(CCCCc2ccc(-c3cc(F)c(CCc4c(F)cc(SCC)cc4F)c(F)c3)cc2)cc1F. The largest absolute Gasteiger partial charge is 0.491 e. The van der Waals surface area contributed by atoms with E-state index in [-0.39, 0.29) is 35.5 Å². The maximum Gasteiger partial charge on any atom is 0.165 e. The first-order valence-corrected chi connectivity index (χ1v) is 15.3. The van der Waals surface area contributed by atoms with Crippen LogP contribution in [0.5, 0.6) is 5.75 Å². The molecule has 0 unspecified atom stereocenters. The number of thioether (sulfide) groups is 1. The summed E-state index contributed by atoms with van der Waals surface area (Å²) in [5.41, 5.74) is 3.78. The Hall–Kier alpha value is -3.32. The van der Waals surface area contributed by atoms with Gasteiger partial charge in [-0.15, -0.1) is 11.8 Å². The summed E-state index contributed by atoms with van der Waals surface area (Å²) >= 11 is 1.32. The lowest BCUT2D eigenvalue weighted by atomic mass is 9.97. The van der Waals surface area contributed by atoms with E-state index in [0.29, 0.717) is 28.4 Å². The molecule has 0 saturated carbocycles. The molecule has 0 spiro atoms. The Morgan fingerprint density at radius 2 is 1.19 bits per heavy atom. The second kappa shape index (κ2) is 14.7. The van der Waals surface area contributed by atoms with Crippen LogP contribution in [0.3, 0.4) is 0 Å². The molecule has 222 valence electrons. The number of benzene rings is 4. The van der Waals surface area contributed by atoms with Crippen LogP contribution in [0.2, 0.25) is 0 Å². The fourth-order valence-electron chi connectivity index (χ4n) is 5.07. The Labute approximate surface area is 249 Å². The van der Waals surface area contributed by atoms with Gasteiger partial charge in [-0.1, -0.05) is 31.2 Å². The van der Waals surface area contributed by atoms with Crippen molar-refractivity contribution in [1.82, 2.24) is 0 Å². The summed E-state index contributed by atoms with van der Waals surface area (Å²) in [4.78, 5) is 0.486. The lowest BCUT2D eigenvalue weighted by Gasteiger charge is -2.11. The normalized spacial score (nSPS) is 11.2. The monoisotopic (exact) mass is 598 g/mol. The third-order valence-electron chi connectivity index (χ3n) is 7.33. The molecule has 4 rings (SSSR count). The van der Waals surface area contributed by atoms with Gasteiger partial charge in [0.1, 0.15) is 23.3 Å². The van der Waals surface area contributed by atoms with Crippen molar-refractivity contribution in [2.45, 2.75) is 64.2 Å². The first kappa shape index (κ1) is 31.6. The average molecular weight is 599 g/mol. The van der Waals surface area contributed by atoms with Gasteiger partial charge >= 0.3 is 0 Å². The van der Waals surface area contributed by atoms with Crippen LogP contribution in [-0.2, 0) is 25.7 Å². The summed E-state index contributed by atoms with van der Waals surface area (Å²) in [6.45, 7) is 6.09. The Morgan fingerprint density at radius 1 is 0.619 bits per heavy atom. The molecule has 0 bridgehead atoms. The summed E-state index contributed by atoms with van der Waals surface area (Å²) in [6.07, 6.45) is 3.08. The zero-order chi connectivity index (χ0) is 30.2. The molecular weight excluding hydrogens is 563 g/mol. The number of ether oxygens (including phenoxy) is 1. The number of hydrogen-bond donors (Lipinski definition) is 0. The Bertz CT molecular complexity index is 1470. The molecule has 0 heterocycles. The number of unbranched alkanes of at least 4 members (excludes halogenated alkanes) is 1. The maximum absolute atomic E-state index is 14.9. The van der Waals surface area contributed by atoms with Gasteiger partial charge in [-0.2, -0.15) is 0 Å². The third kappa shape index (κ3) is 7.94. The Kier molecular flexibility index (Phi) is 11.1. The van der Waals surface area contributed by atoms with Crippen molar-refractivity contribution in [3.63, 3.8) is 0 Å². The molecule has 0 radical (unpaired) electrons. The third-order valence-corrected chi connectivity index (χ3v) is 8.19. The summed E-state index contributed by atoms with van der Waals surface area (Å²) in [5.74, 6) is -2.27. The molecule has 4 aromatic carbocycles. The molecule has 0 saturated heterocycles. The molecule has 0 aliphatic heterocycles. The van der Waals surface area contributed by atoms with Crippen molar-refractivity contribution in [3.8, 4) is 16.9 Å². The van der Waals surface area contributed by atoms with Gasteiger partial charge < -0.3 is 4.74 Å². The zero-order valence-corrected chi connectivity index (χ0v) is 25.0. The lowest BCUT2D eigenvalue weighted by Crippen LogP contribution is -2.03. The van der Waals surface area contributed by atoms with Crippen molar-refractivity contribution >= 4 is 11.8 Å². The van der Waals surface area contributed by atoms with E-state index in [4.69, 9.17) is 4.74 Å². The molecule has 4 aromatic rings. The molecule has 0 aliphatic carbocycles. The quantitative estimate of drug-likeness (QED) is 0.0860. The van der Waals surface area contributed by atoms with Crippen LogP contribution in [0, 0.1) is 36.0 Å². The first-order valence-electron chi connectivity index (χ1n) is 14.3. The zero-order valence-electron chi connectivity index (χ0n) is 24.1. The standard InChI is InChI=1S/C35H35F5OS/c1-4-41-35-16-22(3)25(17-34(35)40)9-7-6-8-23-10-12-24(13-11-23)26-18-30(36)28(31(37)19-26)14-15-29-32(38)20-27(42-5-2)21-33(29)39/h10-13,16-21H,4-9,14-15H2,1-3H3. The van der Waals surface area contributed by atoms with Crippen molar-refractivity contribution < 1.29 is 26.7 Å². The van der Waals surface area contributed by atoms with Crippen LogP contribution in [0.25, 0.3) is 11.1 Å². The van der Waals surface area contributed by atoms with Gasteiger partial charge in [-0.25, -0.2) is 22.0 Å². The predicted molar refractivity (Wildman–Crippen MR) is 161 cm³/mol. The molecule has 0 amide bonds. The van der Waals surface area contributed by atoms with Crippen molar-refractivity contribution in [2.75, 3.05) is 12.4 Å². The molecule has 0 aliphatic rings. The molecule has 1 nitrogen and oxygen atoms in total. The van der Waals surface area contributed by atoms with Gasteiger partial charge in [0.05, 0.1) is 6.61 Å². The summed E-state index contributed by atoms with van der Waals surface area (Å²) < 4.78 is 78.3. The smallest absolute Gasteiger partial charge is 0.165 e. The average Bonchev–Trinajstić information content (AvgIpc) is 2.94. The molecule has 0 atom stereocenters. The van der Waals surface area contributed by atoms with Crippen LogP contribution in [0.1, 0.15) is 54.5 Å². The highest BCUT2D eigenvalue weighted by Crippen LogP contribution is 2.29. The summed E-state index contributed by atoms with van der Waals surface area (Å²) in [5, 5.41) is 0. The first-order chi connectivity index (χ1) is 20.2. The highest BCUT2D eigenvalue weighted by molar-refractivity contribution is 7.99. The minimum Gasteiger partial charge on any atom is -0.491 e. The predicted octanol–water partition coefficient (Wildman–Crippen LogP) is 10.2. The van der Waals surface area contributed by atoms with E-state index in [1.54, 1.807) is 12.1 Å². The van der Waals surface area contributed by atoms with Crippen LogP contribution in [-0.4, -0.2) is 12.4 Å². The minimum atomic E-state index is -0.742. The van der Waals surface area contributed by atoms with E-state index in [1.165, 1.54) is 36.0 Å². The van der Waals surface area contributed by atoms with Gasteiger partial charge in [0.15, 0.2) is 11.6 Å².